The van der Waals surface area contributed by atoms with Crippen molar-refractivity contribution in [3.8, 4) is 16.9 Å². The topological polar surface area (TPSA) is 125 Å². The number of hydrogen-bond acceptors (Lipinski definition) is 7. The van der Waals surface area contributed by atoms with Gasteiger partial charge in [0.25, 0.3) is 0 Å². The normalized spacial score (nSPS) is 26.9. The van der Waals surface area contributed by atoms with Crippen LogP contribution >= 0.6 is 0 Å². The first-order chi connectivity index (χ1) is 13.5. The van der Waals surface area contributed by atoms with Gasteiger partial charge in [0.05, 0.1) is 6.10 Å². The molecule has 1 heterocycles. The summed E-state index contributed by atoms with van der Waals surface area (Å²) >= 11 is 0. The van der Waals surface area contributed by atoms with Crippen LogP contribution in [0, 0.1) is 0 Å². The smallest absolute Gasteiger partial charge is 0.229 e. The van der Waals surface area contributed by atoms with Gasteiger partial charge in [-0.2, -0.15) is 0 Å². The maximum absolute atomic E-state index is 10.1. The van der Waals surface area contributed by atoms with Gasteiger partial charge in [0, 0.05) is 12.8 Å². The Morgan fingerprint density at radius 1 is 0.929 bits per heavy atom. The van der Waals surface area contributed by atoms with Crippen LogP contribution in [0.15, 0.2) is 48.5 Å². The fourth-order valence-corrected chi connectivity index (χ4v) is 3.12. The molecule has 1 aliphatic heterocycles. The molecule has 0 radical (unpaired) electrons. The molecular weight excluding hydrogens is 362 g/mol. The van der Waals surface area contributed by atoms with Crippen molar-refractivity contribution in [1.29, 1.82) is 0 Å². The molecule has 0 saturated carbocycles. The molecule has 0 aliphatic carbocycles. The molecule has 5 atom stereocenters. The lowest BCUT2D eigenvalue weighted by molar-refractivity contribution is -0.273. The van der Waals surface area contributed by atoms with Crippen molar-refractivity contribution in [1.82, 2.24) is 0 Å². The van der Waals surface area contributed by atoms with Crippen LogP contribution in [0.1, 0.15) is 19.8 Å². The fourth-order valence-electron chi connectivity index (χ4n) is 3.12. The zero-order valence-corrected chi connectivity index (χ0v) is 16.1. The highest BCUT2D eigenvalue weighted by molar-refractivity contribution is 5.67. The lowest BCUT2D eigenvalue weighted by Crippen LogP contribution is -2.59. The van der Waals surface area contributed by atoms with E-state index in [2.05, 4.69) is 0 Å². The van der Waals surface area contributed by atoms with Crippen LogP contribution in [0.3, 0.4) is 0 Å². The summed E-state index contributed by atoms with van der Waals surface area (Å²) in [4.78, 5) is 0. The number of hydrogen-bond donors (Lipinski definition) is 5. The number of ether oxygens (including phenoxy) is 2. The van der Waals surface area contributed by atoms with E-state index < -0.39 is 30.7 Å². The lowest BCUT2D eigenvalue weighted by atomic mass is 9.96. The summed E-state index contributed by atoms with van der Waals surface area (Å²) in [6, 6.07) is 14.9. The highest BCUT2D eigenvalue weighted by Gasteiger charge is 2.44. The average molecular weight is 391 g/mol. The third-order valence-corrected chi connectivity index (χ3v) is 4.57. The van der Waals surface area contributed by atoms with Crippen LogP contribution in [0.25, 0.3) is 11.1 Å². The zero-order chi connectivity index (χ0) is 20.7. The Balaban J connectivity index is 0.00000136. The third kappa shape index (κ3) is 5.21. The Bertz CT molecular complexity index is 723. The molecule has 0 aromatic heterocycles. The monoisotopic (exact) mass is 391 g/mol. The predicted molar refractivity (Wildman–Crippen MR) is 107 cm³/mol. The SMILES string of the molecule is CCCC1O[C@H](Oc2ccc(-c3cccc(N)c3)cc2)C(O)C(O)[C@@H]1O.CO. The van der Waals surface area contributed by atoms with Gasteiger partial charge < -0.3 is 35.6 Å². The van der Waals surface area contributed by atoms with Crippen molar-refractivity contribution in [2.24, 2.45) is 0 Å². The van der Waals surface area contributed by atoms with Crippen LogP contribution in [0.4, 0.5) is 5.69 Å². The van der Waals surface area contributed by atoms with Gasteiger partial charge in [0.1, 0.15) is 24.1 Å². The lowest BCUT2D eigenvalue weighted by Gasteiger charge is -2.40. The van der Waals surface area contributed by atoms with Gasteiger partial charge in [-0.15, -0.1) is 0 Å². The Morgan fingerprint density at radius 2 is 1.61 bits per heavy atom. The molecule has 1 fully saturated rings. The van der Waals surface area contributed by atoms with Gasteiger partial charge in [-0.25, -0.2) is 0 Å². The largest absolute Gasteiger partial charge is 0.462 e. The number of rotatable bonds is 5. The number of aliphatic hydroxyl groups excluding tert-OH is 4. The van der Waals surface area contributed by atoms with Gasteiger partial charge in [0.15, 0.2) is 0 Å². The first-order valence-electron chi connectivity index (χ1n) is 9.26. The summed E-state index contributed by atoms with van der Waals surface area (Å²) in [5, 5.41) is 37.2. The van der Waals surface area contributed by atoms with Gasteiger partial charge >= 0.3 is 0 Å². The first-order valence-corrected chi connectivity index (χ1v) is 9.26. The van der Waals surface area contributed by atoms with Crippen LogP contribution in [-0.2, 0) is 4.74 Å². The Morgan fingerprint density at radius 3 is 2.21 bits per heavy atom. The molecule has 3 unspecified atom stereocenters. The Hall–Kier alpha value is -2.16. The minimum atomic E-state index is -1.33. The summed E-state index contributed by atoms with van der Waals surface area (Å²) < 4.78 is 11.4. The van der Waals surface area contributed by atoms with Crippen LogP contribution < -0.4 is 10.5 Å². The minimum Gasteiger partial charge on any atom is -0.462 e. The van der Waals surface area contributed by atoms with Gasteiger partial charge in [0.2, 0.25) is 6.29 Å². The number of nitrogens with two attached hydrogens (primary N) is 1. The molecular formula is C21H29NO6. The summed E-state index contributed by atoms with van der Waals surface area (Å²) in [5.41, 5.74) is 8.48. The van der Waals surface area contributed by atoms with Crippen molar-refractivity contribution in [2.45, 2.75) is 50.5 Å². The molecule has 0 spiro atoms. The Kier molecular flexibility index (Phi) is 8.22. The second kappa shape index (κ2) is 10.4. The summed E-state index contributed by atoms with van der Waals surface area (Å²) in [6.45, 7) is 1.96. The molecule has 3 rings (SSSR count). The molecule has 1 aliphatic rings. The molecule has 0 amide bonds. The number of benzene rings is 2. The molecule has 0 bridgehead atoms. The van der Waals surface area contributed by atoms with E-state index in [9.17, 15) is 15.3 Å². The van der Waals surface area contributed by atoms with E-state index in [4.69, 9.17) is 20.3 Å². The van der Waals surface area contributed by atoms with Crippen LogP contribution in [0.5, 0.6) is 5.75 Å². The number of aliphatic hydroxyl groups is 4. The molecule has 2 aromatic carbocycles. The van der Waals surface area contributed by atoms with Crippen molar-refractivity contribution in [2.75, 3.05) is 12.8 Å². The maximum Gasteiger partial charge on any atom is 0.229 e. The second-order valence-corrected chi connectivity index (χ2v) is 6.57. The number of anilines is 1. The standard InChI is InChI=1S/C20H25NO5.CH4O/c1-2-4-16-17(22)18(23)19(24)20(26-16)25-15-9-7-12(8-10-15)13-5-3-6-14(21)11-13;1-2/h3,5-11,16-20,22-24H,2,4,21H2,1H3;2H,1H3/t16?,17-,18?,19?,20+;/m1./s1. The van der Waals surface area contributed by atoms with Crippen molar-refractivity contribution in [3.05, 3.63) is 48.5 Å². The molecule has 1 saturated heterocycles. The summed E-state index contributed by atoms with van der Waals surface area (Å²) in [5.74, 6) is 0.501. The van der Waals surface area contributed by atoms with Crippen LogP contribution in [-0.4, -0.2) is 58.2 Å². The summed E-state index contributed by atoms with van der Waals surface area (Å²) in [6.07, 6.45) is -4.02. The average Bonchev–Trinajstić information content (AvgIpc) is 2.72. The Labute approximate surface area is 165 Å². The van der Waals surface area contributed by atoms with Gasteiger partial charge in [-0.1, -0.05) is 37.6 Å². The number of nitrogen functional groups attached to an aromatic ring is 1. The second-order valence-electron chi connectivity index (χ2n) is 6.57. The van der Waals surface area contributed by atoms with Gasteiger partial charge in [-0.05, 0) is 41.8 Å². The van der Waals surface area contributed by atoms with Crippen molar-refractivity contribution >= 4 is 5.69 Å². The first kappa shape index (κ1) is 22.1. The fraction of sp³-hybridized carbons (Fsp3) is 0.429. The maximum atomic E-state index is 10.1. The van der Waals surface area contributed by atoms with E-state index in [1.165, 1.54) is 0 Å². The van der Waals surface area contributed by atoms with E-state index in [-0.39, 0.29) is 0 Å². The molecule has 154 valence electrons. The molecule has 7 heteroatoms. The molecule has 6 N–H and O–H groups in total. The minimum absolute atomic E-state index is 0.501. The van der Waals surface area contributed by atoms with E-state index in [1.807, 2.05) is 43.3 Å². The summed E-state index contributed by atoms with van der Waals surface area (Å²) in [7, 11) is 1.00. The van der Waals surface area contributed by atoms with E-state index in [1.54, 1.807) is 12.1 Å². The van der Waals surface area contributed by atoms with Gasteiger partial charge in [-0.3, -0.25) is 0 Å². The van der Waals surface area contributed by atoms with Crippen molar-refractivity contribution < 1.29 is 29.9 Å². The van der Waals surface area contributed by atoms with E-state index in [0.29, 0.717) is 17.9 Å². The highest BCUT2D eigenvalue weighted by Crippen LogP contribution is 2.28. The van der Waals surface area contributed by atoms with Crippen molar-refractivity contribution in [3.63, 3.8) is 0 Å². The highest BCUT2D eigenvalue weighted by atomic mass is 16.7. The molecule has 2 aromatic rings. The molecule has 28 heavy (non-hydrogen) atoms. The van der Waals surface area contributed by atoms with Crippen LogP contribution in [0.2, 0.25) is 0 Å². The predicted octanol–water partition coefficient (Wildman–Crippen LogP) is 1.53. The van der Waals surface area contributed by atoms with E-state index in [0.717, 1.165) is 24.7 Å². The van der Waals surface area contributed by atoms with E-state index >= 15 is 0 Å². The quantitative estimate of drug-likeness (QED) is 0.490. The molecule has 7 nitrogen and oxygen atoms in total. The third-order valence-electron chi connectivity index (χ3n) is 4.57. The zero-order valence-electron chi connectivity index (χ0n) is 16.1.